The molecule has 3 nitrogen and oxygen atoms in total. The Labute approximate surface area is 129 Å². The third-order valence-electron chi connectivity index (χ3n) is 3.72. The summed E-state index contributed by atoms with van der Waals surface area (Å²) in [4.78, 5) is 12.1. The fraction of sp³-hybridized carbons (Fsp3) is 0.533. The number of halogens is 1. The van der Waals surface area contributed by atoms with E-state index in [-0.39, 0.29) is 11.3 Å². The SMILES string of the molecule is CC(C)(CNC(=O)C1(O)CCSC1)c1cccc(Cl)c1. The van der Waals surface area contributed by atoms with Crippen molar-refractivity contribution in [3.8, 4) is 0 Å². The summed E-state index contributed by atoms with van der Waals surface area (Å²) in [6.45, 7) is 4.57. The summed E-state index contributed by atoms with van der Waals surface area (Å²) in [5.74, 6) is 1.05. The molecule has 0 spiro atoms. The van der Waals surface area contributed by atoms with Gasteiger partial charge in [-0.1, -0.05) is 37.6 Å². The Kier molecular flexibility index (Phi) is 4.67. The molecule has 0 bridgehead atoms. The van der Waals surface area contributed by atoms with Gasteiger partial charge in [-0.15, -0.1) is 0 Å². The van der Waals surface area contributed by atoms with E-state index in [0.717, 1.165) is 11.3 Å². The van der Waals surface area contributed by atoms with Gasteiger partial charge in [-0.25, -0.2) is 0 Å². The number of nitrogens with one attached hydrogen (secondary N) is 1. The zero-order valence-electron chi connectivity index (χ0n) is 11.8. The van der Waals surface area contributed by atoms with Crippen molar-refractivity contribution in [1.29, 1.82) is 0 Å². The fourth-order valence-corrected chi connectivity index (χ4v) is 3.64. The number of amides is 1. The number of aliphatic hydroxyl groups is 1. The number of carbonyl (C=O) groups is 1. The van der Waals surface area contributed by atoms with Crippen LogP contribution in [0, 0.1) is 0 Å². The van der Waals surface area contributed by atoms with Gasteiger partial charge in [0.1, 0.15) is 0 Å². The molecule has 1 heterocycles. The van der Waals surface area contributed by atoms with E-state index in [1.165, 1.54) is 0 Å². The summed E-state index contributed by atoms with van der Waals surface area (Å²) in [5, 5.41) is 13.8. The topological polar surface area (TPSA) is 49.3 Å². The summed E-state index contributed by atoms with van der Waals surface area (Å²) in [6.07, 6.45) is 0.529. The zero-order valence-corrected chi connectivity index (χ0v) is 13.4. The molecule has 0 aromatic heterocycles. The van der Waals surface area contributed by atoms with Crippen LogP contribution < -0.4 is 5.32 Å². The third kappa shape index (κ3) is 3.48. The number of hydrogen-bond acceptors (Lipinski definition) is 3. The summed E-state index contributed by atoms with van der Waals surface area (Å²) in [7, 11) is 0. The van der Waals surface area contributed by atoms with E-state index in [2.05, 4.69) is 5.32 Å². The number of thioether (sulfide) groups is 1. The molecule has 1 aliphatic rings. The van der Waals surface area contributed by atoms with Crippen LogP contribution in [0.4, 0.5) is 0 Å². The van der Waals surface area contributed by atoms with Crippen LogP contribution in [0.25, 0.3) is 0 Å². The van der Waals surface area contributed by atoms with Gasteiger partial charge in [0.25, 0.3) is 5.91 Å². The second-order valence-corrected chi connectivity index (χ2v) is 7.45. The first-order valence-electron chi connectivity index (χ1n) is 6.68. The maximum atomic E-state index is 12.1. The highest BCUT2D eigenvalue weighted by atomic mass is 35.5. The highest BCUT2D eigenvalue weighted by Gasteiger charge is 2.39. The van der Waals surface area contributed by atoms with Crippen molar-refractivity contribution in [2.45, 2.75) is 31.3 Å². The monoisotopic (exact) mass is 313 g/mol. The molecular weight excluding hydrogens is 294 g/mol. The number of rotatable bonds is 4. The lowest BCUT2D eigenvalue weighted by molar-refractivity contribution is -0.137. The van der Waals surface area contributed by atoms with Gasteiger partial charge < -0.3 is 10.4 Å². The van der Waals surface area contributed by atoms with Crippen LogP contribution in [-0.4, -0.2) is 34.7 Å². The van der Waals surface area contributed by atoms with Crippen LogP contribution in [0.15, 0.2) is 24.3 Å². The minimum absolute atomic E-state index is 0.233. The lowest BCUT2D eigenvalue weighted by Gasteiger charge is -2.28. The smallest absolute Gasteiger partial charge is 0.252 e. The minimum Gasteiger partial charge on any atom is -0.379 e. The van der Waals surface area contributed by atoms with Crippen molar-refractivity contribution in [2.75, 3.05) is 18.1 Å². The lowest BCUT2D eigenvalue weighted by Crippen LogP contribution is -2.49. The molecule has 110 valence electrons. The van der Waals surface area contributed by atoms with Gasteiger partial charge >= 0.3 is 0 Å². The van der Waals surface area contributed by atoms with Crippen LogP contribution in [0.5, 0.6) is 0 Å². The fourth-order valence-electron chi connectivity index (χ4n) is 2.21. The van der Waals surface area contributed by atoms with Gasteiger partial charge in [0.05, 0.1) is 0 Å². The van der Waals surface area contributed by atoms with E-state index >= 15 is 0 Å². The van der Waals surface area contributed by atoms with Crippen molar-refractivity contribution in [1.82, 2.24) is 5.32 Å². The predicted octanol–water partition coefficient (Wildman–Crippen LogP) is 2.60. The van der Waals surface area contributed by atoms with Gasteiger partial charge in [-0.05, 0) is 29.9 Å². The molecule has 2 rings (SSSR count). The third-order valence-corrected chi connectivity index (χ3v) is 5.13. The van der Waals surface area contributed by atoms with E-state index < -0.39 is 5.60 Å². The second-order valence-electron chi connectivity index (χ2n) is 5.91. The Bertz CT molecular complexity index is 498. The van der Waals surface area contributed by atoms with Crippen LogP contribution in [-0.2, 0) is 10.2 Å². The molecule has 1 unspecified atom stereocenters. The average molecular weight is 314 g/mol. The first-order valence-corrected chi connectivity index (χ1v) is 8.21. The largest absolute Gasteiger partial charge is 0.379 e. The molecule has 1 saturated heterocycles. The Morgan fingerprint density at radius 2 is 2.30 bits per heavy atom. The molecule has 1 atom stereocenters. The van der Waals surface area contributed by atoms with E-state index in [9.17, 15) is 9.90 Å². The Morgan fingerprint density at radius 1 is 1.55 bits per heavy atom. The van der Waals surface area contributed by atoms with Crippen molar-refractivity contribution in [3.63, 3.8) is 0 Å². The van der Waals surface area contributed by atoms with Crippen LogP contribution in [0.3, 0.4) is 0 Å². The first-order chi connectivity index (χ1) is 9.33. The summed E-state index contributed by atoms with van der Waals surface area (Å²) in [5.41, 5.74) is -0.365. The van der Waals surface area contributed by atoms with Crippen molar-refractivity contribution >= 4 is 29.3 Å². The van der Waals surface area contributed by atoms with Gasteiger partial charge in [0.2, 0.25) is 0 Å². The highest BCUT2D eigenvalue weighted by molar-refractivity contribution is 7.99. The van der Waals surface area contributed by atoms with E-state index in [0.29, 0.717) is 23.7 Å². The molecule has 0 saturated carbocycles. The van der Waals surface area contributed by atoms with Crippen molar-refractivity contribution in [2.24, 2.45) is 0 Å². The molecule has 1 fully saturated rings. The van der Waals surface area contributed by atoms with Crippen LogP contribution in [0.1, 0.15) is 25.8 Å². The summed E-state index contributed by atoms with van der Waals surface area (Å²) in [6, 6.07) is 7.65. The Hall–Kier alpha value is -0.710. The second kappa shape index (κ2) is 5.96. The maximum Gasteiger partial charge on any atom is 0.252 e. The van der Waals surface area contributed by atoms with Crippen LogP contribution >= 0.6 is 23.4 Å². The first kappa shape index (κ1) is 15.7. The van der Waals surface area contributed by atoms with Crippen LogP contribution in [0.2, 0.25) is 5.02 Å². The summed E-state index contributed by atoms with van der Waals surface area (Å²) >= 11 is 7.62. The molecule has 0 radical (unpaired) electrons. The van der Waals surface area contributed by atoms with Gasteiger partial charge in [0, 0.05) is 22.7 Å². The predicted molar refractivity (Wildman–Crippen MR) is 84.4 cm³/mol. The molecule has 1 amide bonds. The number of benzene rings is 1. The van der Waals surface area contributed by atoms with Gasteiger partial charge in [-0.3, -0.25) is 4.79 Å². The Balaban J connectivity index is 2.00. The van der Waals surface area contributed by atoms with Gasteiger partial charge in [0.15, 0.2) is 5.60 Å². The average Bonchev–Trinajstić information content (AvgIpc) is 2.84. The molecule has 0 aliphatic carbocycles. The van der Waals surface area contributed by atoms with Gasteiger partial charge in [-0.2, -0.15) is 11.8 Å². The molecular formula is C15H20ClNO2S. The lowest BCUT2D eigenvalue weighted by atomic mass is 9.84. The molecule has 1 aromatic carbocycles. The summed E-state index contributed by atoms with van der Waals surface area (Å²) < 4.78 is 0. The quantitative estimate of drug-likeness (QED) is 0.898. The number of carbonyl (C=O) groups excluding carboxylic acids is 1. The van der Waals surface area contributed by atoms with E-state index in [1.54, 1.807) is 11.8 Å². The van der Waals surface area contributed by atoms with E-state index in [4.69, 9.17) is 11.6 Å². The number of hydrogen-bond donors (Lipinski definition) is 2. The molecule has 2 N–H and O–H groups in total. The zero-order chi connectivity index (χ0) is 14.8. The van der Waals surface area contributed by atoms with E-state index in [1.807, 2.05) is 38.1 Å². The normalized spacial score (nSPS) is 22.8. The Morgan fingerprint density at radius 3 is 2.90 bits per heavy atom. The standard InChI is InChI=1S/C15H20ClNO2S/c1-14(2,11-4-3-5-12(16)8-11)9-17-13(18)15(19)6-7-20-10-15/h3-5,8,19H,6-7,9-10H2,1-2H3,(H,17,18). The van der Waals surface area contributed by atoms with Crippen molar-refractivity contribution in [3.05, 3.63) is 34.9 Å². The molecule has 5 heteroatoms. The molecule has 1 aromatic rings. The molecule has 1 aliphatic heterocycles. The van der Waals surface area contributed by atoms with Crippen molar-refractivity contribution < 1.29 is 9.90 Å². The maximum absolute atomic E-state index is 12.1. The molecule has 20 heavy (non-hydrogen) atoms. The minimum atomic E-state index is -1.20. The highest BCUT2D eigenvalue weighted by Crippen LogP contribution is 2.29.